The number of nitrogens with one attached hydrogen (secondary N) is 1. The van der Waals surface area contributed by atoms with Gasteiger partial charge in [-0.2, -0.15) is 0 Å². The molecule has 24 heavy (non-hydrogen) atoms. The summed E-state index contributed by atoms with van der Waals surface area (Å²) in [7, 11) is 4.55. The van der Waals surface area contributed by atoms with Crippen molar-refractivity contribution >= 4 is 41.1 Å². The van der Waals surface area contributed by atoms with E-state index in [4.69, 9.17) is 46.4 Å². The molecule has 0 heterocycles. The Kier molecular flexibility index (Phi) is 15.3. The topological polar surface area (TPSA) is 166 Å². The van der Waals surface area contributed by atoms with Crippen LogP contribution in [0.3, 0.4) is 0 Å². The minimum absolute atomic E-state index is 0.0258. The molecule has 0 aliphatic carbocycles. The first-order valence-electron chi connectivity index (χ1n) is 6.47. The van der Waals surface area contributed by atoms with Gasteiger partial charge in [0.05, 0.1) is 12.4 Å². The van der Waals surface area contributed by atoms with Gasteiger partial charge in [-0.1, -0.05) is 11.4 Å². The standard InChI is InChI=1S/C6H12O6.C5H12NO3PS2/c7-1-3(9)5(11)6(12)4(10)2-8;1-6-5(7)4-12-10(11,8-2)9-3/h1,3-6,8-12H,2H2;4H2,1-3H3,(H,6,7)/t3-,4+,5+,6+;/m0./s1. The lowest BCUT2D eigenvalue weighted by Crippen LogP contribution is -2.46. The Morgan fingerprint density at radius 1 is 1.25 bits per heavy atom. The van der Waals surface area contributed by atoms with Gasteiger partial charge in [0.15, 0.2) is 6.29 Å². The Bertz CT molecular complexity index is 407. The fourth-order valence-electron chi connectivity index (χ4n) is 1.01. The molecule has 0 fully saturated rings. The number of carbonyl (C=O) groups is 2. The third-order valence-electron chi connectivity index (χ3n) is 2.50. The summed E-state index contributed by atoms with van der Waals surface area (Å²) in [6.45, 7) is -0.760. The van der Waals surface area contributed by atoms with Crippen molar-refractivity contribution in [1.29, 1.82) is 0 Å². The number of hydrogen-bond donors (Lipinski definition) is 6. The molecule has 6 N–H and O–H groups in total. The molecule has 0 saturated carbocycles. The number of aliphatic hydroxyl groups excluding tert-OH is 5. The number of aldehydes is 1. The minimum atomic E-state index is -2.26. The molecule has 0 aromatic heterocycles. The Balaban J connectivity index is 0. The number of aliphatic hydroxyl groups is 5. The first kappa shape index (κ1) is 26.1. The van der Waals surface area contributed by atoms with E-state index in [0.29, 0.717) is 0 Å². The average molecular weight is 409 g/mol. The number of carbonyl (C=O) groups excluding carboxylic acids is 2. The maximum atomic E-state index is 10.8. The van der Waals surface area contributed by atoms with Crippen LogP contribution in [-0.2, 0) is 30.4 Å². The van der Waals surface area contributed by atoms with Gasteiger partial charge < -0.3 is 44.7 Å². The second-order valence-electron chi connectivity index (χ2n) is 4.12. The Morgan fingerprint density at radius 3 is 2.08 bits per heavy atom. The van der Waals surface area contributed by atoms with Crippen molar-refractivity contribution in [2.75, 3.05) is 33.6 Å². The van der Waals surface area contributed by atoms with Crippen molar-refractivity contribution in [3.63, 3.8) is 0 Å². The van der Waals surface area contributed by atoms with Crippen molar-refractivity contribution in [3.8, 4) is 0 Å². The summed E-state index contributed by atoms with van der Waals surface area (Å²) < 4.78 is 9.94. The van der Waals surface area contributed by atoms with E-state index >= 15 is 0 Å². The molecule has 0 aliphatic heterocycles. The maximum absolute atomic E-state index is 10.8. The van der Waals surface area contributed by atoms with E-state index in [1.54, 1.807) is 7.05 Å². The first-order chi connectivity index (χ1) is 11.1. The van der Waals surface area contributed by atoms with Gasteiger partial charge in [-0.25, -0.2) is 0 Å². The number of amides is 1. The van der Waals surface area contributed by atoms with Gasteiger partial charge >= 0.3 is 0 Å². The van der Waals surface area contributed by atoms with Gasteiger partial charge in [0.2, 0.25) is 11.6 Å². The van der Waals surface area contributed by atoms with Crippen molar-refractivity contribution < 1.29 is 44.2 Å². The zero-order valence-electron chi connectivity index (χ0n) is 13.4. The summed E-state index contributed by atoms with van der Waals surface area (Å²) in [5.74, 6) is 0.193. The summed E-state index contributed by atoms with van der Waals surface area (Å²) in [6, 6.07) is 0. The van der Waals surface area contributed by atoms with Crippen molar-refractivity contribution in [2.45, 2.75) is 24.4 Å². The zero-order chi connectivity index (χ0) is 19.3. The van der Waals surface area contributed by atoms with Gasteiger partial charge in [-0.15, -0.1) is 0 Å². The second kappa shape index (κ2) is 14.1. The molecular formula is C11H24NO9PS2. The Labute approximate surface area is 149 Å². The SMILES string of the molecule is CNC(=O)CSP(=S)(OC)OC.O=C[C@H](O)[C@@H](O)[C@H](O)[C@H](O)CO. The summed E-state index contributed by atoms with van der Waals surface area (Å²) in [4.78, 5) is 20.7. The molecule has 10 nitrogen and oxygen atoms in total. The molecule has 0 aromatic rings. The quantitative estimate of drug-likeness (QED) is 0.168. The van der Waals surface area contributed by atoms with Gasteiger partial charge in [-0.05, 0) is 11.8 Å². The first-order valence-corrected chi connectivity index (χ1v) is 10.7. The van der Waals surface area contributed by atoms with Crippen LogP contribution in [0.25, 0.3) is 0 Å². The highest BCUT2D eigenvalue weighted by Crippen LogP contribution is 2.59. The third-order valence-corrected chi connectivity index (χ3v) is 8.18. The molecule has 0 rings (SSSR count). The van der Waals surface area contributed by atoms with Gasteiger partial charge in [0, 0.05) is 21.3 Å². The van der Waals surface area contributed by atoms with Crippen LogP contribution < -0.4 is 5.32 Å². The molecule has 0 saturated heterocycles. The summed E-state index contributed by atoms with van der Waals surface area (Å²) in [6.07, 6.45) is -6.84. The molecule has 0 spiro atoms. The van der Waals surface area contributed by atoms with Crippen molar-refractivity contribution in [1.82, 2.24) is 5.32 Å². The monoisotopic (exact) mass is 409 g/mol. The molecule has 0 unspecified atom stereocenters. The fourth-order valence-corrected chi connectivity index (χ4v) is 3.72. The van der Waals surface area contributed by atoms with E-state index in [2.05, 4.69) is 5.32 Å². The van der Waals surface area contributed by atoms with E-state index in [0.717, 1.165) is 0 Å². The molecule has 0 bridgehead atoms. The molecule has 1 amide bonds. The third kappa shape index (κ3) is 10.7. The highest BCUT2D eigenvalue weighted by Gasteiger charge is 2.29. The van der Waals surface area contributed by atoms with E-state index in [-0.39, 0.29) is 17.9 Å². The number of rotatable bonds is 10. The summed E-state index contributed by atoms with van der Waals surface area (Å²) >= 11 is 6.25. The molecular weight excluding hydrogens is 385 g/mol. The van der Waals surface area contributed by atoms with E-state index in [9.17, 15) is 9.59 Å². The van der Waals surface area contributed by atoms with Crippen LogP contribution in [0, 0.1) is 0 Å². The smallest absolute Gasteiger partial charge is 0.247 e. The second-order valence-corrected chi connectivity index (χ2v) is 10.6. The van der Waals surface area contributed by atoms with Crippen LogP contribution in [0.2, 0.25) is 0 Å². The Hall–Kier alpha value is -0.140. The van der Waals surface area contributed by atoms with Gasteiger partial charge in [0.1, 0.15) is 24.4 Å². The summed E-state index contributed by atoms with van der Waals surface area (Å²) in [5, 5.41) is 46.0. The van der Waals surface area contributed by atoms with Crippen LogP contribution >= 0.6 is 17.1 Å². The Morgan fingerprint density at radius 2 is 1.75 bits per heavy atom. The van der Waals surface area contributed by atoms with Crippen LogP contribution in [0.5, 0.6) is 0 Å². The normalized spacial score (nSPS) is 16.2. The highest BCUT2D eigenvalue weighted by atomic mass is 32.9. The maximum Gasteiger partial charge on any atom is 0.247 e. The van der Waals surface area contributed by atoms with E-state index < -0.39 is 36.7 Å². The van der Waals surface area contributed by atoms with Crippen molar-refractivity contribution in [3.05, 3.63) is 0 Å². The van der Waals surface area contributed by atoms with E-state index in [1.165, 1.54) is 25.6 Å². The minimum Gasteiger partial charge on any atom is -0.394 e. The summed E-state index contributed by atoms with van der Waals surface area (Å²) in [5.41, 5.74) is -2.26. The van der Waals surface area contributed by atoms with Crippen molar-refractivity contribution in [2.24, 2.45) is 0 Å². The largest absolute Gasteiger partial charge is 0.394 e. The predicted molar refractivity (Wildman–Crippen MR) is 92.0 cm³/mol. The van der Waals surface area contributed by atoms with Crippen LogP contribution in [0.1, 0.15) is 0 Å². The van der Waals surface area contributed by atoms with Gasteiger partial charge in [-0.3, -0.25) is 4.79 Å². The van der Waals surface area contributed by atoms with Gasteiger partial charge in [0.25, 0.3) is 0 Å². The van der Waals surface area contributed by atoms with Crippen LogP contribution in [0.15, 0.2) is 0 Å². The molecule has 4 atom stereocenters. The lowest BCUT2D eigenvalue weighted by Gasteiger charge is -2.22. The molecule has 0 aliphatic rings. The zero-order valence-corrected chi connectivity index (χ0v) is 16.0. The lowest BCUT2D eigenvalue weighted by atomic mass is 10.0. The number of hydrogen-bond acceptors (Lipinski definition) is 11. The lowest BCUT2D eigenvalue weighted by molar-refractivity contribution is -0.136. The fraction of sp³-hybridized carbons (Fsp3) is 0.818. The van der Waals surface area contributed by atoms with Crippen LogP contribution in [0.4, 0.5) is 0 Å². The molecule has 0 aromatic carbocycles. The predicted octanol–water partition coefficient (Wildman–Crippen LogP) is -2.40. The average Bonchev–Trinajstić information content (AvgIpc) is 2.63. The van der Waals surface area contributed by atoms with Crippen LogP contribution in [-0.4, -0.2) is 95.8 Å². The molecule has 0 radical (unpaired) electrons. The van der Waals surface area contributed by atoms with E-state index in [1.807, 2.05) is 0 Å². The molecule has 13 heteroatoms. The molecule has 144 valence electrons. The highest BCUT2D eigenvalue weighted by molar-refractivity contribution is 8.68.